The lowest BCUT2D eigenvalue weighted by molar-refractivity contribution is 0.352. The van der Waals surface area contributed by atoms with Gasteiger partial charge in [0.2, 0.25) is 0 Å². The minimum Gasteiger partial charge on any atom is -0.493 e. The van der Waals surface area contributed by atoms with Crippen molar-refractivity contribution in [1.82, 2.24) is 4.90 Å². The number of halogens is 1. The number of methoxy groups -OCH3 is 2. The molecule has 24 heavy (non-hydrogen) atoms. The fourth-order valence-electron chi connectivity index (χ4n) is 2.28. The van der Waals surface area contributed by atoms with E-state index < -0.39 is 0 Å². The van der Waals surface area contributed by atoms with Gasteiger partial charge in [-0.15, -0.1) is 0 Å². The Hall–Kier alpha value is -2.89. The van der Waals surface area contributed by atoms with Crippen molar-refractivity contribution in [3.8, 4) is 11.5 Å². The summed E-state index contributed by atoms with van der Waals surface area (Å²) in [5, 5.41) is 3.17. The molecule has 0 unspecified atom stereocenters. The number of nitrogens with two attached hydrogens (primary N) is 1. The van der Waals surface area contributed by atoms with Crippen LogP contribution in [-0.4, -0.2) is 26.2 Å². The molecule has 2 aromatic carbocycles. The lowest BCUT2D eigenvalue weighted by Crippen LogP contribution is -2.23. The van der Waals surface area contributed by atoms with Crippen molar-refractivity contribution < 1.29 is 13.9 Å². The fraction of sp³-hybridized carbons (Fsp3) is 0.222. The number of hydrogen-bond donors (Lipinski definition) is 2. The molecule has 0 fully saturated rings. The SMILES string of the molecule is COc1ccc(CN(C)/C(=C/N)Nc2ccc(F)cc2)cc1OC. The molecule has 6 heteroatoms. The summed E-state index contributed by atoms with van der Waals surface area (Å²) in [6, 6.07) is 11.8. The zero-order valence-corrected chi connectivity index (χ0v) is 14.0. The van der Waals surface area contributed by atoms with E-state index >= 15 is 0 Å². The Balaban J connectivity index is 2.09. The summed E-state index contributed by atoms with van der Waals surface area (Å²) in [7, 11) is 5.12. The largest absolute Gasteiger partial charge is 0.493 e. The number of anilines is 1. The van der Waals surface area contributed by atoms with Crippen molar-refractivity contribution in [3.05, 3.63) is 65.9 Å². The molecule has 0 heterocycles. The molecule has 5 nitrogen and oxygen atoms in total. The Kier molecular flexibility index (Phi) is 5.89. The molecule has 2 aromatic rings. The van der Waals surface area contributed by atoms with Gasteiger partial charge in [0.15, 0.2) is 11.5 Å². The summed E-state index contributed by atoms with van der Waals surface area (Å²) in [4.78, 5) is 1.95. The first kappa shape index (κ1) is 17.5. The lowest BCUT2D eigenvalue weighted by atomic mass is 10.2. The van der Waals surface area contributed by atoms with E-state index in [9.17, 15) is 4.39 Å². The number of hydrogen-bond acceptors (Lipinski definition) is 5. The molecule has 0 atom stereocenters. The van der Waals surface area contributed by atoms with Crippen molar-refractivity contribution in [2.45, 2.75) is 6.54 Å². The van der Waals surface area contributed by atoms with Gasteiger partial charge in [-0.2, -0.15) is 0 Å². The second kappa shape index (κ2) is 8.10. The highest BCUT2D eigenvalue weighted by Crippen LogP contribution is 2.28. The summed E-state index contributed by atoms with van der Waals surface area (Å²) in [5.74, 6) is 1.78. The lowest BCUT2D eigenvalue weighted by Gasteiger charge is -2.24. The minimum atomic E-state index is -0.280. The molecule has 0 saturated carbocycles. The van der Waals surface area contributed by atoms with Crippen LogP contribution < -0.4 is 20.5 Å². The predicted molar refractivity (Wildman–Crippen MR) is 93.3 cm³/mol. The molecule has 0 radical (unpaired) electrons. The molecule has 0 amide bonds. The van der Waals surface area contributed by atoms with Crippen molar-refractivity contribution in [2.75, 3.05) is 26.6 Å². The van der Waals surface area contributed by atoms with Crippen LogP contribution in [0.1, 0.15) is 5.56 Å². The second-order valence-electron chi connectivity index (χ2n) is 5.23. The molecule has 3 N–H and O–H groups in total. The zero-order valence-electron chi connectivity index (χ0n) is 14.0. The van der Waals surface area contributed by atoms with Gasteiger partial charge in [-0.3, -0.25) is 0 Å². The average Bonchev–Trinajstić information content (AvgIpc) is 2.60. The maximum atomic E-state index is 13.0. The summed E-state index contributed by atoms with van der Waals surface area (Å²) in [6.07, 6.45) is 1.48. The number of rotatable bonds is 7. The maximum Gasteiger partial charge on any atom is 0.161 e. The molecule has 0 aliphatic heterocycles. The molecule has 0 bridgehead atoms. The van der Waals surface area contributed by atoms with E-state index in [1.54, 1.807) is 26.4 Å². The molecule has 0 spiro atoms. The van der Waals surface area contributed by atoms with Crippen LogP contribution in [0.2, 0.25) is 0 Å². The van der Waals surface area contributed by atoms with Crippen LogP contribution in [0, 0.1) is 5.82 Å². The van der Waals surface area contributed by atoms with Crippen molar-refractivity contribution in [1.29, 1.82) is 0 Å². The molecule has 0 saturated heterocycles. The third-order valence-corrected chi connectivity index (χ3v) is 3.55. The number of nitrogens with zero attached hydrogens (tertiary/aromatic N) is 1. The molecule has 0 aliphatic rings. The second-order valence-corrected chi connectivity index (χ2v) is 5.23. The first-order valence-corrected chi connectivity index (χ1v) is 7.44. The average molecular weight is 331 g/mol. The highest BCUT2D eigenvalue weighted by Gasteiger charge is 2.09. The Morgan fingerprint density at radius 3 is 2.38 bits per heavy atom. The normalized spacial score (nSPS) is 11.1. The van der Waals surface area contributed by atoms with E-state index in [1.807, 2.05) is 30.1 Å². The van der Waals surface area contributed by atoms with Gasteiger partial charge in [0, 0.05) is 25.5 Å². The first-order chi connectivity index (χ1) is 11.6. The topological polar surface area (TPSA) is 59.8 Å². The third kappa shape index (κ3) is 4.32. The Morgan fingerprint density at radius 2 is 1.79 bits per heavy atom. The highest BCUT2D eigenvalue weighted by molar-refractivity contribution is 5.48. The zero-order chi connectivity index (χ0) is 17.5. The standard InChI is InChI=1S/C18H22FN3O2/c1-22(12-13-4-9-16(23-2)17(10-13)24-3)18(11-20)21-15-7-5-14(19)6-8-15/h4-11,21H,12,20H2,1-3H3/b18-11+. The van der Waals surface area contributed by atoms with E-state index in [1.165, 1.54) is 18.3 Å². The van der Waals surface area contributed by atoms with E-state index in [2.05, 4.69) is 5.32 Å². The van der Waals surface area contributed by atoms with Crippen LogP contribution in [-0.2, 0) is 6.54 Å². The van der Waals surface area contributed by atoms with Crippen molar-refractivity contribution >= 4 is 5.69 Å². The van der Waals surface area contributed by atoms with Gasteiger partial charge in [-0.05, 0) is 42.0 Å². The van der Waals surface area contributed by atoms with Gasteiger partial charge in [0.25, 0.3) is 0 Å². The smallest absolute Gasteiger partial charge is 0.161 e. The van der Waals surface area contributed by atoms with E-state index in [0.717, 1.165) is 11.3 Å². The minimum absolute atomic E-state index is 0.280. The van der Waals surface area contributed by atoms with Gasteiger partial charge in [-0.1, -0.05) is 6.07 Å². The summed E-state index contributed by atoms with van der Waals surface area (Å²) >= 11 is 0. The van der Waals surface area contributed by atoms with Crippen LogP contribution in [0.25, 0.3) is 0 Å². The first-order valence-electron chi connectivity index (χ1n) is 7.44. The number of nitrogens with one attached hydrogen (secondary N) is 1. The highest BCUT2D eigenvalue weighted by atomic mass is 19.1. The van der Waals surface area contributed by atoms with Crippen LogP contribution in [0.5, 0.6) is 11.5 Å². The van der Waals surface area contributed by atoms with Gasteiger partial charge in [-0.25, -0.2) is 4.39 Å². The van der Waals surface area contributed by atoms with E-state index in [4.69, 9.17) is 15.2 Å². The molecule has 0 aromatic heterocycles. The van der Waals surface area contributed by atoms with Crippen LogP contribution in [0.3, 0.4) is 0 Å². The Morgan fingerprint density at radius 1 is 1.12 bits per heavy atom. The Labute approximate surface area is 141 Å². The fourth-order valence-corrected chi connectivity index (χ4v) is 2.28. The van der Waals surface area contributed by atoms with Gasteiger partial charge in [0.1, 0.15) is 11.6 Å². The van der Waals surface area contributed by atoms with Crippen molar-refractivity contribution in [3.63, 3.8) is 0 Å². The number of benzene rings is 2. The van der Waals surface area contributed by atoms with Crippen molar-refractivity contribution in [2.24, 2.45) is 5.73 Å². The van der Waals surface area contributed by atoms with Crippen LogP contribution in [0.4, 0.5) is 10.1 Å². The molecular formula is C18H22FN3O2. The van der Waals surface area contributed by atoms with Crippen LogP contribution in [0.15, 0.2) is 54.5 Å². The molecular weight excluding hydrogens is 309 g/mol. The van der Waals surface area contributed by atoms with Crippen LogP contribution >= 0.6 is 0 Å². The summed E-state index contributed by atoms with van der Waals surface area (Å²) in [5.41, 5.74) is 7.52. The monoisotopic (exact) mass is 331 g/mol. The molecule has 0 aliphatic carbocycles. The van der Waals surface area contributed by atoms with E-state index in [0.29, 0.717) is 23.9 Å². The molecule has 128 valence electrons. The summed E-state index contributed by atoms with van der Waals surface area (Å²) < 4.78 is 23.5. The van der Waals surface area contributed by atoms with Gasteiger partial charge < -0.3 is 25.4 Å². The number of ether oxygens (including phenoxy) is 2. The third-order valence-electron chi connectivity index (χ3n) is 3.55. The summed E-state index contributed by atoms with van der Waals surface area (Å²) in [6.45, 7) is 0.609. The Bertz CT molecular complexity index is 702. The van der Waals surface area contributed by atoms with E-state index in [-0.39, 0.29) is 5.82 Å². The quantitative estimate of drug-likeness (QED) is 0.816. The predicted octanol–water partition coefficient (Wildman–Crippen LogP) is 3.14. The molecule has 2 rings (SSSR count). The van der Waals surface area contributed by atoms with Gasteiger partial charge in [0.05, 0.1) is 14.2 Å². The maximum absolute atomic E-state index is 13.0. The van der Waals surface area contributed by atoms with Gasteiger partial charge >= 0.3 is 0 Å².